The lowest BCUT2D eigenvalue weighted by molar-refractivity contribution is -0.120. The van der Waals surface area contributed by atoms with E-state index >= 15 is 0 Å². The van der Waals surface area contributed by atoms with Crippen LogP contribution in [0.15, 0.2) is 72.4 Å². The Bertz CT molecular complexity index is 1060. The summed E-state index contributed by atoms with van der Waals surface area (Å²) in [6.45, 7) is 5.02. The molecule has 0 aliphatic heterocycles. The lowest BCUT2D eigenvalue weighted by Crippen LogP contribution is -2.38. The van der Waals surface area contributed by atoms with Gasteiger partial charge >= 0.3 is 0 Å². The van der Waals surface area contributed by atoms with E-state index in [4.69, 9.17) is 9.72 Å². The van der Waals surface area contributed by atoms with Gasteiger partial charge in [0.15, 0.2) is 0 Å². The third-order valence-corrected chi connectivity index (χ3v) is 6.57. The van der Waals surface area contributed by atoms with Crippen molar-refractivity contribution in [2.75, 3.05) is 18.6 Å². The number of benzene rings is 1. The second-order valence-electron chi connectivity index (χ2n) is 9.14. The first-order valence-electron chi connectivity index (χ1n) is 12.0. The highest BCUT2D eigenvalue weighted by Crippen LogP contribution is 2.35. The van der Waals surface area contributed by atoms with Gasteiger partial charge in [-0.3, -0.25) is 4.79 Å². The first kappa shape index (κ1) is 23.0. The minimum Gasteiger partial charge on any atom is -0.481 e. The molecule has 0 radical (unpaired) electrons. The molecule has 4 heteroatoms. The van der Waals surface area contributed by atoms with Crippen LogP contribution in [0.5, 0.6) is 5.88 Å². The molecule has 0 saturated carbocycles. The van der Waals surface area contributed by atoms with E-state index in [1.165, 1.54) is 11.1 Å². The zero-order chi connectivity index (χ0) is 23.2. The van der Waals surface area contributed by atoms with Crippen molar-refractivity contribution in [3.05, 3.63) is 89.2 Å². The molecule has 2 aliphatic rings. The average molecular weight is 443 g/mol. The molecule has 1 unspecified atom stereocenters. The van der Waals surface area contributed by atoms with Crippen LogP contribution >= 0.6 is 0 Å². The van der Waals surface area contributed by atoms with Crippen molar-refractivity contribution in [1.29, 1.82) is 0 Å². The van der Waals surface area contributed by atoms with Crippen LogP contribution in [0.2, 0.25) is 0 Å². The predicted octanol–water partition coefficient (Wildman–Crippen LogP) is 6.50. The number of pyridine rings is 1. The molecule has 4 nitrogen and oxygen atoms in total. The minimum absolute atomic E-state index is 0.128. The molecule has 33 heavy (non-hydrogen) atoms. The molecule has 172 valence electrons. The summed E-state index contributed by atoms with van der Waals surface area (Å²) in [6.07, 6.45) is 15.3. The Kier molecular flexibility index (Phi) is 7.43. The van der Waals surface area contributed by atoms with Crippen LogP contribution in [0.1, 0.15) is 68.2 Å². The third kappa shape index (κ3) is 5.44. The number of ether oxygens (including phenoxy) is 1. The van der Waals surface area contributed by atoms with E-state index in [1.54, 1.807) is 7.11 Å². The Morgan fingerprint density at radius 1 is 1.15 bits per heavy atom. The fourth-order valence-corrected chi connectivity index (χ4v) is 4.61. The molecule has 0 N–H and O–H groups in total. The van der Waals surface area contributed by atoms with Crippen molar-refractivity contribution in [3.63, 3.8) is 0 Å². The standard InChI is InChI=1S/C29H34N2O2/c1-21(2)23-13-16-25(17-14-23)31(20-19-22-9-6-4-5-7-10-22)29(32)26-12-8-11-24-15-18-27(33-3)30-28(24)26/h4,6-7,9-10,13-18,21,26H,5,8,11-12,19-20H2,1-3H3. The normalized spacial score (nSPS) is 17.3. The van der Waals surface area contributed by atoms with E-state index in [2.05, 4.69) is 74.6 Å². The number of amides is 1. The number of rotatable bonds is 7. The summed E-state index contributed by atoms with van der Waals surface area (Å²) in [6, 6.07) is 12.4. The Labute approximate surface area is 197 Å². The van der Waals surface area contributed by atoms with E-state index in [0.29, 0.717) is 18.3 Å². The van der Waals surface area contributed by atoms with E-state index in [9.17, 15) is 4.79 Å². The zero-order valence-electron chi connectivity index (χ0n) is 20.0. The number of hydrogen-bond acceptors (Lipinski definition) is 3. The van der Waals surface area contributed by atoms with Gasteiger partial charge in [0, 0.05) is 18.3 Å². The lowest BCUT2D eigenvalue weighted by atomic mass is 9.85. The Balaban J connectivity index is 1.64. The number of aromatic nitrogens is 1. The summed E-state index contributed by atoms with van der Waals surface area (Å²) in [5, 5.41) is 0. The maximum Gasteiger partial charge on any atom is 0.236 e. The van der Waals surface area contributed by atoms with Gasteiger partial charge in [0.05, 0.1) is 18.7 Å². The molecule has 0 bridgehead atoms. The molecule has 0 saturated heterocycles. The number of carbonyl (C=O) groups is 1. The number of methoxy groups -OCH3 is 1. The summed E-state index contributed by atoms with van der Waals surface area (Å²) in [7, 11) is 1.62. The molecule has 1 aromatic heterocycles. The van der Waals surface area contributed by atoms with E-state index in [-0.39, 0.29) is 11.8 Å². The van der Waals surface area contributed by atoms with Crippen LogP contribution in [0.4, 0.5) is 5.69 Å². The summed E-state index contributed by atoms with van der Waals surface area (Å²) in [5.74, 6) is 0.912. The van der Waals surface area contributed by atoms with Gasteiger partial charge in [-0.2, -0.15) is 0 Å². The Morgan fingerprint density at radius 3 is 2.73 bits per heavy atom. The molecule has 2 aliphatic carbocycles. The molecular weight excluding hydrogens is 408 g/mol. The first-order chi connectivity index (χ1) is 16.1. The average Bonchev–Trinajstić information content (AvgIpc) is 3.12. The SMILES string of the molecule is COc1ccc2c(n1)C(C(=O)N(CCC1=CC=CCC=C1)c1ccc(C(C)C)cc1)CCC2. The fraction of sp³-hybridized carbons (Fsp3) is 0.379. The quantitative estimate of drug-likeness (QED) is 0.491. The van der Waals surface area contributed by atoms with Gasteiger partial charge in [-0.1, -0.05) is 62.4 Å². The number of fused-ring (bicyclic) bond motifs is 1. The van der Waals surface area contributed by atoms with Crippen molar-refractivity contribution in [2.45, 2.75) is 57.8 Å². The number of hydrogen-bond donors (Lipinski definition) is 0. The highest BCUT2D eigenvalue weighted by Gasteiger charge is 2.32. The van der Waals surface area contributed by atoms with Gasteiger partial charge in [-0.15, -0.1) is 0 Å². The van der Waals surface area contributed by atoms with Crippen molar-refractivity contribution in [1.82, 2.24) is 4.98 Å². The number of carbonyl (C=O) groups excluding carboxylic acids is 1. The van der Waals surface area contributed by atoms with Gasteiger partial charge in [0.25, 0.3) is 0 Å². The van der Waals surface area contributed by atoms with Crippen molar-refractivity contribution in [3.8, 4) is 5.88 Å². The number of anilines is 1. The molecule has 2 aromatic rings. The van der Waals surface area contributed by atoms with Gasteiger partial charge in [0.2, 0.25) is 11.8 Å². The van der Waals surface area contributed by atoms with Crippen molar-refractivity contribution >= 4 is 11.6 Å². The topological polar surface area (TPSA) is 42.4 Å². The second-order valence-corrected chi connectivity index (χ2v) is 9.14. The van der Waals surface area contributed by atoms with Gasteiger partial charge in [-0.05, 0) is 66.9 Å². The summed E-state index contributed by atoms with van der Waals surface area (Å²) in [4.78, 5) is 20.7. The molecule has 1 amide bonds. The lowest BCUT2D eigenvalue weighted by Gasteiger charge is -2.31. The minimum atomic E-state index is -0.243. The Hall–Kier alpha value is -3.14. The van der Waals surface area contributed by atoms with Crippen LogP contribution in [-0.4, -0.2) is 24.5 Å². The molecule has 0 fully saturated rings. The maximum atomic E-state index is 14.0. The highest BCUT2D eigenvalue weighted by molar-refractivity contribution is 5.98. The smallest absolute Gasteiger partial charge is 0.236 e. The molecule has 0 spiro atoms. The second kappa shape index (κ2) is 10.7. The number of aryl methyl sites for hydroxylation is 1. The van der Waals surface area contributed by atoms with Crippen LogP contribution < -0.4 is 9.64 Å². The molecule has 1 atom stereocenters. The molecule has 4 rings (SSSR count). The van der Waals surface area contributed by atoms with Crippen LogP contribution in [0.25, 0.3) is 0 Å². The number of nitrogens with zero attached hydrogens (tertiary/aromatic N) is 2. The molecule has 1 heterocycles. The summed E-state index contributed by atoms with van der Waals surface area (Å²) in [5.41, 5.74) is 5.51. The van der Waals surface area contributed by atoms with Crippen LogP contribution in [0.3, 0.4) is 0 Å². The van der Waals surface area contributed by atoms with E-state index < -0.39 is 0 Å². The summed E-state index contributed by atoms with van der Waals surface area (Å²) < 4.78 is 5.37. The van der Waals surface area contributed by atoms with E-state index in [0.717, 1.165) is 49.0 Å². The largest absolute Gasteiger partial charge is 0.481 e. The van der Waals surface area contributed by atoms with E-state index in [1.807, 2.05) is 11.0 Å². The number of allylic oxidation sites excluding steroid dienone is 5. The molecular formula is C29H34N2O2. The summed E-state index contributed by atoms with van der Waals surface area (Å²) >= 11 is 0. The van der Waals surface area contributed by atoms with Gasteiger partial charge < -0.3 is 9.64 Å². The van der Waals surface area contributed by atoms with Crippen LogP contribution in [0, 0.1) is 0 Å². The predicted molar refractivity (Wildman–Crippen MR) is 135 cm³/mol. The first-order valence-corrected chi connectivity index (χ1v) is 12.0. The molecule has 1 aromatic carbocycles. The van der Waals surface area contributed by atoms with Crippen molar-refractivity contribution < 1.29 is 9.53 Å². The Morgan fingerprint density at radius 2 is 1.97 bits per heavy atom. The third-order valence-electron chi connectivity index (χ3n) is 6.57. The van der Waals surface area contributed by atoms with Gasteiger partial charge in [0.1, 0.15) is 0 Å². The van der Waals surface area contributed by atoms with Crippen LogP contribution in [-0.2, 0) is 11.2 Å². The maximum absolute atomic E-state index is 14.0. The highest BCUT2D eigenvalue weighted by atomic mass is 16.5. The monoisotopic (exact) mass is 442 g/mol. The fourth-order valence-electron chi connectivity index (χ4n) is 4.61. The van der Waals surface area contributed by atoms with Crippen molar-refractivity contribution in [2.24, 2.45) is 0 Å². The zero-order valence-corrected chi connectivity index (χ0v) is 20.0. The van der Waals surface area contributed by atoms with Gasteiger partial charge in [-0.25, -0.2) is 4.98 Å².